The van der Waals surface area contributed by atoms with Gasteiger partial charge in [-0.1, -0.05) is 11.6 Å². The van der Waals surface area contributed by atoms with E-state index in [0.717, 1.165) is 36.9 Å². The first-order valence-corrected chi connectivity index (χ1v) is 5.77. The normalized spacial score (nSPS) is 10.4. The second kappa shape index (κ2) is 8.39. The summed E-state index contributed by atoms with van der Waals surface area (Å²) >= 11 is 5.78. The molecule has 1 rings (SSSR count). The average molecular weight is 244 g/mol. The van der Waals surface area contributed by atoms with E-state index in [-0.39, 0.29) is 0 Å². The van der Waals surface area contributed by atoms with Crippen LogP contribution < -0.4 is 5.32 Å². The van der Waals surface area contributed by atoms with Crippen molar-refractivity contribution >= 4 is 17.3 Å². The van der Waals surface area contributed by atoms with Gasteiger partial charge in [0, 0.05) is 37.6 Å². The van der Waals surface area contributed by atoms with E-state index in [1.807, 2.05) is 24.3 Å². The van der Waals surface area contributed by atoms with E-state index in [1.54, 1.807) is 7.11 Å². The zero-order valence-corrected chi connectivity index (χ0v) is 10.3. The van der Waals surface area contributed by atoms with Gasteiger partial charge in [-0.3, -0.25) is 0 Å². The van der Waals surface area contributed by atoms with Gasteiger partial charge in [0.2, 0.25) is 0 Å². The van der Waals surface area contributed by atoms with Crippen molar-refractivity contribution in [2.24, 2.45) is 0 Å². The lowest BCUT2D eigenvalue weighted by Crippen LogP contribution is -2.10. The minimum Gasteiger partial charge on any atom is -0.385 e. The lowest BCUT2D eigenvalue weighted by atomic mass is 10.3. The van der Waals surface area contributed by atoms with Crippen LogP contribution in [0.25, 0.3) is 0 Å². The number of rotatable bonds is 8. The first-order valence-electron chi connectivity index (χ1n) is 5.39. The fourth-order valence-electron chi connectivity index (χ4n) is 1.24. The molecule has 0 aliphatic rings. The molecule has 0 amide bonds. The third-order valence-electron chi connectivity index (χ3n) is 2.06. The maximum Gasteiger partial charge on any atom is 0.0639 e. The van der Waals surface area contributed by atoms with Gasteiger partial charge in [0.15, 0.2) is 0 Å². The van der Waals surface area contributed by atoms with Crippen molar-refractivity contribution in [1.29, 1.82) is 0 Å². The predicted octanol–water partition coefficient (Wildman–Crippen LogP) is 2.81. The topological polar surface area (TPSA) is 30.5 Å². The monoisotopic (exact) mass is 243 g/mol. The van der Waals surface area contributed by atoms with Gasteiger partial charge >= 0.3 is 0 Å². The fraction of sp³-hybridized carbons (Fsp3) is 0.500. The van der Waals surface area contributed by atoms with Gasteiger partial charge < -0.3 is 14.8 Å². The summed E-state index contributed by atoms with van der Waals surface area (Å²) in [4.78, 5) is 0. The van der Waals surface area contributed by atoms with Crippen molar-refractivity contribution in [2.45, 2.75) is 6.42 Å². The largest absolute Gasteiger partial charge is 0.385 e. The molecular formula is C12H18ClNO2. The molecule has 1 aromatic carbocycles. The average Bonchev–Trinajstić information content (AvgIpc) is 2.30. The Morgan fingerprint density at radius 2 is 1.88 bits per heavy atom. The summed E-state index contributed by atoms with van der Waals surface area (Å²) in [5, 5.41) is 4.00. The molecule has 0 saturated carbocycles. The van der Waals surface area contributed by atoms with Gasteiger partial charge in [-0.2, -0.15) is 0 Å². The first-order chi connectivity index (χ1) is 7.83. The summed E-state index contributed by atoms with van der Waals surface area (Å²) in [5.41, 5.74) is 1.06. The molecule has 0 spiro atoms. The third kappa shape index (κ3) is 5.95. The predicted molar refractivity (Wildman–Crippen MR) is 67.3 cm³/mol. The lowest BCUT2D eigenvalue weighted by Gasteiger charge is -2.07. The maximum absolute atomic E-state index is 5.78. The zero-order valence-electron chi connectivity index (χ0n) is 9.54. The second-order valence-electron chi connectivity index (χ2n) is 3.39. The van der Waals surface area contributed by atoms with Gasteiger partial charge in [0.1, 0.15) is 0 Å². The molecule has 0 atom stereocenters. The Bertz CT molecular complexity index is 277. The minimum absolute atomic E-state index is 0.701. The summed E-state index contributed by atoms with van der Waals surface area (Å²) in [6.07, 6.45) is 0.942. The Morgan fingerprint density at radius 1 is 1.12 bits per heavy atom. The molecule has 1 N–H and O–H groups in total. The van der Waals surface area contributed by atoms with E-state index < -0.39 is 0 Å². The number of anilines is 1. The molecule has 0 heterocycles. The Kier molecular flexibility index (Phi) is 6.97. The van der Waals surface area contributed by atoms with Gasteiger partial charge in [-0.05, 0) is 30.7 Å². The molecule has 0 bridgehead atoms. The molecule has 3 nitrogen and oxygen atoms in total. The van der Waals surface area contributed by atoms with Crippen LogP contribution in [0.5, 0.6) is 0 Å². The summed E-state index contributed by atoms with van der Waals surface area (Å²) in [5.74, 6) is 0. The number of methoxy groups -OCH3 is 1. The van der Waals surface area contributed by atoms with Crippen molar-refractivity contribution in [3.63, 3.8) is 0 Å². The Morgan fingerprint density at radius 3 is 2.56 bits per heavy atom. The molecule has 0 aromatic heterocycles. The molecule has 0 fully saturated rings. The zero-order chi connectivity index (χ0) is 11.6. The highest BCUT2D eigenvalue weighted by Crippen LogP contribution is 2.12. The van der Waals surface area contributed by atoms with E-state index in [4.69, 9.17) is 21.1 Å². The number of benzene rings is 1. The molecule has 0 radical (unpaired) electrons. The highest BCUT2D eigenvalue weighted by molar-refractivity contribution is 6.30. The highest BCUT2D eigenvalue weighted by atomic mass is 35.5. The van der Waals surface area contributed by atoms with E-state index in [9.17, 15) is 0 Å². The van der Waals surface area contributed by atoms with Crippen molar-refractivity contribution in [3.8, 4) is 0 Å². The minimum atomic E-state index is 0.701. The van der Waals surface area contributed by atoms with Crippen LogP contribution in [0.4, 0.5) is 5.69 Å². The summed E-state index contributed by atoms with van der Waals surface area (Å²) in [6, 6.07) is 7.63. The van der Waals surface area contributed by atoms with Gasteiger partial charge in [-0.25, -0.2) is 0 Å². The van der Waals surface area contributed by atoms with Gasteiger partial charge in [0.25, 0.3) is 0 Å². The number of nitrogens with one attached hydrogen (secondary N) is 1. The Balaban J connectivity index is 2.01. The summed E-state index contributed by atoms with van der Waals surface area (Å²) in [7, 11) is 1.70. The van der Waals surface area contributed by atoms with Crippen LogP contribution in [0.3, 0.4) is 0 Å². The Labute approximate surface area is 102 Å². The molecule has 0 aliphatic heterocycles. The van der Waals surface area contributed by atoms with Crippen LogP contribution >= 0.6 is 11.6 Å². The maximum atomic E-state index is 5.78. The van der Waals surface area contributed by atoms with Crippen molar-refractivity contribution in [3.05, 3.63) is 29.3 Å². The standard InChI is InChI=1S/C12H18ClNO2/c1-15-8-2-9-16-10-7-14-12-5-3-11(13)4-6-12/h3-6,14H,2,7-10H2,1H3. The van der Waals surface area contributed by atoms with Gasteiger partial charge in [-0.15, -0.1) is 0 Å². The number of hydrogen-bond acceptors (Lipinski definition) is 3. The van der Waals surface area contributed by atoms with E-state index in [1.165, 1.54) is 0 Å². The SMILES string of the molecule is COCCCOCCNc1ccc(Cl)cc1. The van der Waals surface area contributed by atoms with E-state index in [0.29, 0.717) is 6.61 Å². The van der Waals surface area contributed by atoms with E-state index in [2.05, 4.69) is 5.32 Å². The molecule has 4 heteroatoms. The van der Waals surface area contributed by atoms with Crippen LogP contribution in [0.1, 0.15) is 6.42 Å². The van der Waals surface area contributed by atoms with E-state index >= 15 is 0 Å². The number of halogens is 1. The lowest BCUT2D eigenvalue weighted by molar-refractivity contribution is 0.109. The number of hydrogen-bond donors (Lipinski definition) is 1. The van der Waals surface area contributed by atoms with Crippen molar-refractivity contribution < 1.29 is 9.47 Å². The van der Waals surface area contributed by atoms with Crippen LogP contribution in [-0.2, 0) is 9.47 Å². The number of ether oxygens (including phenoxy) is 2. The molecule has 0 unspecified atom stereocenters. The van der Waals surface area contributed by atoms with Crippen molar-refractivity contribution in [2.75, 3.05) is 38.8 Å². The first kappa shape index (κ1) is 13.3. The van der Waals surface area contributed by atoms with Crippen molar-refractivity contribution in [1.82, 2.24) is 0 Å². The van der Waals surface area contributed by atoms with Crippen LogP contribution in [0, 0.1) is 0 Å². The molecule has 16 heavy (non-hydrogen) atoms. The summed E-state index contributed by atoms with van der Waals surface area (Å²) < 4.78 is 10.3. The molecule has 0 aliphatic carbocycles. The molecule has 0 saturated heterocycles. The molecule has 1 aromatic rings. The molecular weight excluding hydrogens is 226 g/mol. The fourth-order valence-corrected chi connectivity index (χ4v) is 1.37. The van der Waals surface area contributed by atoms with Gasteiger partial charge in [0.05, 0.1) is 6.61 Å². The Hall–Kier alpha value is -0.770. The van der Waals surface area contributed by atoms with Crippen LogP contribution in [-0.4, -0.2) is 33.5 Å². The second-order valence-corrected chi connectivity index (χ2v) is 3.83. The molecule has 90 valence electrons. The smallest absolute Gasteiger partial charge is 0.0639 e. The van der Waals surface area contributed by atoms with Crippen LogP contribution in [0.15, 0.2) is 24.3 Å². The third-order valence-corrected chi connectivity index (χ3v) is 2.31. The quantitative estimate of drug-likeness (QED) is 0.713. The highest BCUT2D eigenvalue weighted by Gasteiger charge is 1.92. The summed E-state index contributed by atoms with van der Waals surface area (Å²) in [6.45, 7) is 3.00. The van der Waals surface area contributed by atoms with Crippen LogP contribution in [0.2, 0.25) is 5.02 Å².